The van der Waals surface area contributed by atoms with Crippen molar-refractivity contribution < 1.29 is 0 Å². The Labute approximate surface area is 63.7 Å². The monoisotopic (exact) mass is 142 g/mol. The molecule has 0 aromatic carbocycles. The van der Waals surface area contributed by atoms with Crippen LogP contribution in [-0.4, -0.2) is 24.3 Å². The van der Waals surface area contributed by atoms with Crippen molar-refractivity contribution in [1.29, 1.82) is 5.41 Å². The second-order valence-electron chi connectivity index (χ2n) is 3.07. The average molecular weight is 142 g/mol. The van der Waals surface area contributed by atoms with E-state index < -0.39 is 0 Å². The molecular weight excluding hydrogens is 124 g/mol. The summed E-state index contributed by atoms with van der Waals surface area (Å²) < 4.78 is 0. The van der Waals surface area contributed by atoms with E-state index in [2.05, 4.69) is 13.8 Å². The van der Waals surface area contributed by atoms with E-state index in [0.29, 0.717) is 5.92 Å². The average Bonchev–Trinajstić information content (AvgIpc) is 1.85. The van der Waals surface area contributed by atoms with Gasteiger partial charge in [-0.15, -0.1) is 0 Å². The van der Waals surface area contributed by atoms with Crippen LogP contribution >= 0.6 is 0 Å². The minimum atomic E-state index is 0.650. The molecule has 0 aromatic rings. The molecule has 0 saturated heterocycles. The molecule has 60 valence electrons. The van der Waals surface area contributed by atoms with Crippen LogP contribution in [0.3, 0.4) is 0 Å². The van der Waals surface area contributed by atoms with Crippen LogP contribution in [0.15, 0.2) is 0 Å². The Morgan fingerprint density at radius 2 is 2.00 bits per heavy atom. The van der Waals surface area contributed by atoms with Crippen LogP contribution in [0.4, 0.5) is 0 Å². The molecule has 10 heavy (non-hydrogen) atoms. The first-order valence-corrected chi connectivity index (χ1v) is 3.86. The molecule has 0 spiro atoms. The molecule has 0 radical (unpaired) electrons. The maximum absolute atomic E-state index is 7.46. The van der Waals surface area contributed by atoms with Crippen LogP contribution in [0, 0.1) is 11.3 Å². The van der Waals surface area contributed by atoms with Crippen LogP contribution in [0.5, 0.6) is 0 Å². The van der Waals surface area contributed by atoms with Crippen molar-refractivity contribution in [3.05, 3.63) is 0 Å². The zero-order valence-electron chi connectivity index (χ0n) is 7.44. The lowest BCUT2D eigenvalue weighted by atomic mass is 10.2. The lowest BCUT2D eigenvalue weighted by molar-refractivity contribution is 0.417. The number of rotatable bonds is 3. The molecule has 0 aliphatic rings. The van der Waals surface area contributed by atoms with Gasteiger partial charge in [-0.1, -0.05) is 20.8 Å². The van der Waals surface area contributed by atoms with Crippen LogP contribution in [0.1, 0.15) is 27.2 Å². The van der Waals surface area contributed by atoms with E-state index in [4.69, 9.17) is 5.41 Å². The molecule has 2 nitrogen and oxygen atoms in total. The van der Waals surface area contributed by atoms with Crippen molar-refractivity contribution in [3.63, 3.8) is 0 Å². The fourth-order valence-electron chi connectivity index (χ4n) is 0.928. The van der Waals surface area contributed by atoms with Crippen molar-refractivity contribution in [1.82, 2.24) is 4.90 Å². The van der Waals surface area contributed by atoms with Crippen molar-refractivity contribution in [2.45, 2.75) is 27.2 Å². The zero-order chi connectivity index (χ0) is 8.15. The first kappa shape index (κ1) is 9.47. The molecule has 0 saturated carbocycles. The van der Waals surface area contributed by atoms with Gasteiger partial charge in [0.25, 0.3) is 0 Å². The van der Waals surface area contributed by atoms with Gasteiger partial charge in [0.05, 0.1) is 5.84 Å². The molecule has 0 unspecified atom stereocenters. The van der Waals surface area contributed by atoms with Gasteiger partial charge in [0, 0.05) is 20.0 Å². The molecule has 0 heterocycles. The molecular formula is C8H18N2. The minimum absolute atomic E-state index is 0.650. The van der Waals surface area contributed by atoms with Crippen molar-refractivity contribution in [3.8, 4) is 0 Å². The summed E-state index contributed by atoms with van der Waals surface area (Å²) in [7, 11) is 1.98. The maximum atomic E-state index is 7.46. The molecule has 1 N–H and O–H groups in total. The lowest BCUT2D eigenvalue weighted by Crippen LogP contribution is -2.28. The summed E-state index contributed by atoms with van der Waals surface area (Å²) in [5.74, 6) is 1.38. The summed E-state index contributed by atoms with van der Waals surface area (Å²) in [6.45, 7) is 7.34. The second kappa shape index (κ2) is 4.31. The van der Waals surface area contributed by atoms with Crippen molar-refractivity contribution in [2.24, 2.45) is 5.92 Å². The topological polar surface area (TPSA) is 27.1 Å². The van der Waals surface area contributed by atoms with E-state index in [1.807, 2.05) is 18.9 Å². The summed E-state index contributed by atoms with van der Waals surface area (Å²) in [5, 5.41) is 7.46. The summed E-state index contributed by atoms with van der Waals surface area (Å²) in [4.78, 5) is 2.00. The lowest BCUT2D eigenvalue weighted by Gasteiger charge is -2.20. The Morgan fingerprint density at radius 1 is 1.50 bits per heavy atom. The maximum Gasteiger partial charge on any atom is 0.0952 e. The van der Waals surface area contributed by atoms with E-state index in [-0.39, 0.29) is 0 Å². The molecule has 0 aliphatic heterocycles. The van der Waals surface area contributed by atoms with Gasteiger partial charge in [-0.3, -0.25) is 5.41 Å². The Bertz CT molecular complexity index is 108. The van der Waals surface area contributed by atoms with Gasteiger partial charge in [-0.2, -0.15) is 0 Å². The predicted octanol–water partition coefficient (Wildman–Crippen LogP) is 1.96. The van der Waals surface area contributed by atoms with Gasteiger partial charge < -0.3 is 4.90 Å². The largest absolute Gasteiger partial charge is 0.363 e. The highest BCUT2D eigenvalue weighted by molar-refractivity contribution is 5.78. The van der Waals surface area contributed by atoms with Gasteiger partial charge in [0.1, 0.15) is 0 Å². The molecule has 0 aliphatic carbocycles. The molecule has 2 heteroatoms. The first-order chi connectivity index (χ1) is 4.57. The molecule has 0 rings (SSSR count). The van der Waals surface area contributed by atoms with Crippen LogP contribution in [-0.2, 0) is 0 Å². The summed E-state index contributed by atoms with van der Waals surface area (Å²) in [5.41, 5.74) is 0. The third kappa shape index (κ3) is 3.49. The fraction of sp³-hybridized carbons (Fsp3) is 0.875. The van der Waals surface area contributed by atoms with Gasteiger partial charge >= 0.3 is 0 Å². The number of hydrogen-bond donors (Lipinski definition) is 1. The normalized spacial score (nSPS) is 10.1. The Morgan fingerprint density at radius 3 is 2.30 bits per heavy atom. The van der Waals surface area contributed by atoms with Crippen LogP contribution < -0.4 is 0 Å². The first-order valence-electron chi connectivity index (χ1n) is 3.86. The van der Waals surface area contributed by atoms with Crippen LogP contribution in [0.2, 0.25) is 0 Å². The number of hydrogen-bond acceptors (Lipinski definition) is 1. The van der Waals surface area contributed by atoms with Gasteiger partial charge in [0.2, 0.25) is 0 Å². The van der Waals surface area contributed by atoms with E-state index in [9.17, 15) is 0 Å². The standard InChI is InChI=1S/C8H18N2/c1-5-8(9)10(4)6-7(2)3/h7,9H,5-6H2,1-4H3. The smallest absolute Gasteiger partial charge is 0.0952 e. The van der Waals surface area contributed by atoms with E-state index in [0.717, 1.165) is 18.8 Å². The van der Waals surface area contributed by atoms with Gasteiger partial charge in [0.15, 0.2) is 0 Å². The quantitative estimate of drug-likeness (QED) is 0.473. The van der Waals surface area contributed by atoms with E-state index in [1.54, 1.807) is 0 Å². The Balaban J connectivity index is 3.61. The zero-order valence-corrected chi connectivity index (χ0v) is 7.44. The highest BCUT2D eigenvalue weighted by Crippen LogP contribution is 1.97. The summed E-state index contributed by atoms with van der Waals surface area (Å²) in [6.07, 6.45) is 0.837. The van der Waals surface area contributed by atoms with Crippen molar-refractivity contribution in [2.75, 3.05) is 13.6 Å². The highest BCUT2D eigenvalue weighted by atomic mass is 15.1. The van der Waals surface area contributed by atoms with Gasteiger partial charge in [-0.05, 0) is 5.92 Å². The summed E-state index contributed by atoms with van der Waals surface area (Å²) >= 11 is 0. The highest BCUT2D eigenvalue weighted by Gasteiger charge is 2.02. The second-order valence-corrected chi connectivity index (χ2v) is 3.07. The molecule has 0 fully saturated rings. The predicted molar refractivity (Wildman–Crippen MR) is 45.5 cm³/mol. The van der Waals surface area contributed by atoms with E-state index >= 15 is 0 Å². The molecule has 0 bridgehead atoms. The third-order valence-electron chi connectivity index (χ3n) is 1.43. The van der Waals surface area contributed by atoms with Crippen LogP contribution in [0.25, 0.3) is 0 Å². The number of nitrogens with zero attached hydrogens (tertiary/aromatic N) is 1. The molecule has 0 atom stereocenters. The van der Waals surface area contributed by atoms with Crippen molar-refractivity contribution >= 4 is 5.84 Å². The SMILES string of the molecule is CCC(=N)N(C)CC(C)C. The number of nitrogens with one attached hydrogen (secondary N) is 1. The summed E-state index contributed by atoms with van der Waals surface area (Å²) in [6, 6.07) is 0. The molecule has 0 aromatic heterocycles. The van der Waals surface area contributed by atoms with Gasteiger partial charge in [-0.25, -0.2) is 0 Å². The Kier molecular flexibility index (Phi) is 4.08. The number of amidine groups is 1. The Hall–Kier alpha value is -0.530. The molecule has 0 amide bonds. The van der Waals surface area contributed by atoms with E-state index in [1.165, 1.54) is 0 Å². The minimum Gasteiger partial charge on any atom is -0.363 e. The third-order valence-corrected chi connectivity index (χ3v) is 1.43. The fourth-order valence-corrected chi connectivity index (χ4v) is 0.928.